The molecule has 6 aromatic carbocycles. The molecule has 0 saturated heterocycles. The number of hydrogen-bond donors (Lipinski definition) is 0. The second-order valence-corrected chi connectivity index (χ2v) is 12.8. The van der Waals surface area contributed by atoms with E-state index in [0.717, 1.165) is 35.2 Å². The molecule has 0 amide bonds. The van der Waals surface area contributed by atoms with E-state index >= 15 is 0 Å². The fourth-order valence-corrected chi connectivity index (χ4v) is 7.61. The average Bonchev–Trinajstić information content (AvgIpc) is 3.71. The van der Waals surface area contributed by atoms with Crippen molar-refractivity contribution in [3.8, 4) is 39.9 Å². The van der Waals surface area contributed by atoms with E-state index in [4.69, 9.17) is 15.0 Å². The number of allylic oxidation sites excluding steroid dienone is 1. The number of hydrogen-bond acceptors (Lipinski definition) is 3. The van der Waals surface area contributed by atoms with Gasteiger partial charge in [0.05, 0.1) is 16.6 Å². The first-order valence-electron chi connectivity index (χ1n) is 17.1. The number of fused-ring (bicyclic) bond motifs is 6. The third-order valence-electron chi connectivity index (χ3n) is 9.90. The number of nitrogens with zero attached hydrogens (tertiary/aromatic N) is 5. The Labute approximate surface area is 289 Å². The molecule has 0 unspecified atom stereocenters. The first-order chi connectivity index (χ1) is 24.8. The number of para-hydroxylation sites is 3. The summed E-state index contributed by atoms with van der Waals surface area (Å²) in [5.41, 5.74) is 11.7. The SMILES string of the molecule is C1=C(n2c3ccccc3c3ccccc32)CCc2c1c1ccccc1n2-c1ccc(-c2nc(-c3ccccc3)nc(-c3ccccc3)n2)cc1. The second kappa shape index (κ2) is 11.5. The highest BCUT2D eigenvalue weighted by Gasteiger charge is 2.24. The molecule has 0 bridgehead atoms. The standard InChI is InChI=1S/C45H31N5/c1-3-13-30(14-4-1)43-46-44(31-15-5-2-6-16-31)48-45(47-43)32-23-25-33(26-24-32)49-41-22-12-9-19-37(41)38-29-34(27-28-42(38)49)50-39-20-10-7-17-35(39)36-18-8-11-21-40(36)50/h1-26,29H,27-28H2. The van der Waals surface area contributed by atoms with Gasteiger partial charge in [0.15, 0.2) is 17.5 Å². The summed E-state index contributed by atoms with van der Waals surface area (Å²) in [5, 5.41) is 3.85. The quantitative estimate of drug-likeness (QED) is 0.188. The van der Waals surface area contributed by atoms with E-state index in [1.165, 1.54) is 49.7 Å². The first-order valence-corrected chi connectivity index (χ1v) is 17.1. The summed E-state index contributed by atoms with van der Waals surface area (Å²) in [5.74, 6) is 1.98. The second-order valence-electron chi connectivity index (χ2n) is 12.8. The zero-order chi connectivity index (χ0) is 33.0. The van der Waals surface area contributed by atoms with Gasteiger partial charge in [-0.1, -0.05) is 115 Å². The van der Waals surface area contributed by atoms with Gasteiger partial charge in [-0.3, -0.25) is 0 Å². The normalized spacial score (nSPS) is 12.8. The van der Waals surface area contributed by atoms with Gasteiger partial charge in [-0.2, -0.15) is 0 Å². The number of aromatic nitrogens is 5. The van der Waals surface area contributed by atoms with Gasteiger partial charge in [-0.05, 0) is 61.4 Å². The molecule has 0 saturated carbocycles. The lowest BCUT2D eigenvalue weighted by molar-refractivity contribution is 0.873. The summed E-state index contributed by atoms with van der Waals surface area (Å²) in [4.78, 5) is 14.8. The maximum Gasteiger partial charge on any atom is 0.164 e. The molecule has 0 atom stereocenters. The molecule has 10 rings (SSSR count). The Morgan fingerprint density at radius 2 is 0.820 bits per heavy atom. The first kappa shape index (κ1) is 28.4. The molecule has 0 radical (unpaired) electrons. The minimum absolute atomic E-state index is 0.655. The van der Waals surface area contributed by atoms with E-state index in [2.05, 4.69) is 112 Å². The molecule has 1 aliphatic carbocycles. The van der Waals surface area contributed by atoms with Gasteiger partial charge in [0.1, 0.15) is 0 Å². The van der Waals surface area contributed by atoms with Crippen LogP contribution < -0.4 is 0 Å². The molecule has 0 spiro atoms. The Bertz CT molecular complexity index is 2630. The van der Waals surface area contributed by atoms with Crippen molar-refractivity contribution in [1.29, 1.82) is 0 Å². The number of benzene rings is 6. The molecule has 9 aromatic rings. The van der Waals surface area contributed by atoms with Crippen LogP contribution in [0.2, 0.25) is 0 Å². The van der Waals surface area contributed by atoms with E-state index in [9.17, 15) is 0 Å². The third-order valence-corrected chi connectivity index (χ3v) is 9.90. The van der Waals surface area contributed by atoms with Crippen LogP contribution in [0.5, 0.6) is 0 Å². The molecule has 0 N–H and O–H groups in total. The van der Waals surface area contributed by atoms with Gasteiger partial charge in [0.25, 0.3) is 0 Å². The van der Waals surface area contributed by atoms with Gasteiger partial charge >= 0.3 is 0 Å². The minimum Gasteiger partial charge on any atom is -0.313 e. The van der Waals surface area contributed by atoms with E-state index in [1.54, 1.807) is 0 Å². The van der Waals surface area contributed by atoms with E-state index in [-0.39, 0.29) is 0 Å². The third kappa shape index (κ3) is 4.59. The van der Waals surface area contributed by atoms with Gasteiger partial charge < -0.3 is 9.13 Å². The highest BCUT2D eigenvalue weighted by Crippen LogP contribution is 2.40. The summed E-state index contributed by atoms with van der Waals surface area (Å²) in [6.07, 6.45) is 4.30. The smallest absolute Gasteiger partial charge is 0.164 e. The van der Waals surface area contributed by atoms with Crippen molar-refractivity contribution in [3.63, 3.8) is 0 Å². The fourth-order valence-electron chi connectivity index (χ4n) is 7.61. The Morgan fingerprint density at radius 1 is 0.380 bits per heavy atom. The van der Waals surface area contributed by atoms with Crippen molar-refractivity contribution >= 4 is 44.5 Å². The Balaban J connectivity index is 1.09. The van der Waals surface area contributed by atoms with Gasteiger partial charge in [0, 0.05) is 55.5 Å². The average molecular weight is 642 g/mol. The molecule has 0 fully saturated rings. The van der Waals surface area contributed by atoms with E-state index < -0.39 is 0 Å². The molecule has 50 heavy (non-hydrogen) atoms. The van der Waals surface area contributed by atoms with E-state index in [1.807, 2.05) is 60.7 Å². The lowest BCUT2D eigenvalue weighted by Gasteiger charge is -2.20. The predicted molar refractivity (Wildman–Crippen MR) is 205 cm³/mol. The Hall–Kier alpha value is -6.59. The largest absolute Gasteiger partial charge is 0.313 e. The van der Waals surface area contributed by atoms with Gasteiger partial charge in [0.2, 0.25) is 0 Å². The molecule has 0 aliphatic heterocycles. The summed E-state index contributed by atoms with van der Waals surface area (Å²) < 4.78 is 4.91. The van der Waals surface area contributed by atoms with Crippen molar-refractivity contribution in [3.05, 3.63) is 169 Å². The van der Waals surface area contributed by atoms with Crippen LogP contribution in [0, 0.1) is 0 Å². The van der Waals surface area contributed by atoms with Crippen molar-refractivity contribution < 1.29 is 0 Å². The molecule has 5 nitrogen and oxygen atoms in total. The highest BCUT2D eigenvalue weighted by molar-refractivity contribution is 6.11. The zero-order valence-corrected chi connectivity index (χ0v) is 27.2. The topological polar surface area (TPSA) is 48.5 Å². The van der Waals surface area contributed by atoms with Gasteiger partial charge in [-0.25, -0.2) is 15.0 Å². The molecule has 1 aliphatic rings. The lowest BCUT2D eigenvalue weighted by atomic mass is 9.99. The number of rotatable bonds is 5. The maximum atomic E-state index is 4.95. The molecule has 236 valence electrons. The predicted octanol–water partition coefficient (Wildman–Crippen LogP) is 10.9. The molecule has 3 aromatic heterocycles. The molecule has 3 heterocycles. The van der Waals surface area contributed by atoms with Crippen LogP contribution in [0.15, 0.2) is 158 Å². The minimum atomic E-state index is 0.655. The molecule has 5 heteroatoms. The monoisotopic (exact) mass is 641 g/mol. The van der Waals surface area contributed by atoms with Crippen molar-refractivity contribution in [2.24, 2.45) is 0 Å². The summed E-state index contributed by atoms with van der Waals surface area (Å²) in [7, 11) is 0. The van der Waals surface area contributed by atoms with Crippen molar-refractivity contribution in [2.75, 3.05) is 0 Å². The van der Waals surface area contributed by atoms with Crippen LogP contribution in [-0.2, 0) is 6.42 Å². The Kier molecular flexibility index (Phi) is 6.56. The van der Waals surface area contributed by atoms with Crippen LogP contribution in [0.3, 0.4) is 0 Å². The summed E-state index contributed by atoms with van der Waals surface area (Å²) in [6.45, 7) is 0. The molecular weight excluding hydrogens is 611 g/mol. The Morgan fingerprint density at radius 3 is 1.36 bits per heavy atom. The van der Waals surface area contributed by atoms with Crippen LogP contribution in [0.25, 0.3) is 84.3 Å². The molecular formula is C45H31N5. The van der Waals surface area contributed by atoms with Crippen molar-refractivity contribution in [1.82, 2.24) is 24.1 Å². The summed E-state index contributed by atoms with van der Waals surface area (Å²) >= 11 is 0. The van der Waals surface area contributed by atoms with Crippen LogP contribution in [0.1, 0.15) is 17.7 Å². The van der Waals surface area contributed by atoms with Crippen molar-refractivity contribution in [2.45, 2.75) is 12.8 Å². The highest BCUT2D eigenvalue weighted by atomic mass is 15.0. The van der Waals surface area contributed by atoms with Gasteiger partial charge in [-0.15, -0.1) is 0 Å². The van der Waals surface area contributed by atoms with E-state index in [0.29, 0.717) is 17.5 Å². The lowest BCUT2D eigenvalue weighted by Crippen LogP contribution is -2.08. The van der Waals surface area contributed by atoms with Crippen LogP contribution in [0.4, 0.5) is 0 Å². The summed E-state index contributed by atoms with van der Waals surface area (Å²) in [6, 6.07) is 55.2. The maximum absolute atomic E-state index is 4.95. The fraction of sp³-hybridized carbons (Fsp3) is 0.0444. The van der Waals surface area contributed by atoms with Crippen LogP contribution >= 0.6 is 0 Å². The zero-order valence-electron chi connectivity index (χ0n) is 27.2. The van der Waals surface area contributed by atoms with Crippen LogP contribution in [-0.4, -0.2) is 24.1 Å².